The summed E-state index contributed by atoms with van der Waals surface area (Å²) in [6, 6.07) is 17.1. The van der Waals surface area contributed by atoms with Crippen molar-refractivity contribution in [3.63, 3.8) is 0 Å². The molecule has 2 aromatic carbocycles. The summed E-state index contributed by atoms with van der Waals surface area (Å²) < 4.78 is 7.60. The Morgan fingerprint density at radius 3 is 2.55 bits per heavy atom. The van der Waals surface area contributed by atoms with Crippen LogP contribution in [0.2, 0.25) is 0 Å². The average molecular weight is 293 g/mol. The van der Waals surface area contributed by atoms with E-state index in [1.807, 2.05) is 18.5 Å². The lowest BCUT2D eigenvalue weighted by Crippen LogP contribution is -2.36. The van der Waals surface area contributed by atoms with Gasteiger partial charge in [0.15, 0.2) is 0 Å². The molecule has 0 N–H and O–H groups in total. The van der Waals surface area contributed by atoms with Gasteiger partial charge in [0, 0.05) is 25.3 Å². The van der Waals surface area contributed by atoms with E-state index in [2.05, 4.69) is 50.8 Å². The zero-order valence-corrected chi connectivity index (χ0v) is 12.5. The standard InChI is InChI=1S/C18H19N3O/c1-2-4-18-17(3-1)19-14-21(18)13-15-5-7-16(8-6-15)20-9-11-22-12-10-20/h1-8,14H,9-13H2. The number of hydrogen-bond donors (Lipinski definition) is 0. The fraction of sp³-hybridized carbons (Fsp3) is 0.278. The van der Waals surface area contributed by atoms with E-state index in [1.54, 1.807) is 0 Å². The van der Waals surface area contributed by atoms with Crippen LogP contribution in [0.3, 0.4) is 0 Å². The molecule has 0 saturated carbocycles. The molecule has 4 nitrogen and oxygen atoms in total. The van der Waals surface area contributed by atoms with E-state index >= 15 is 0 Å². The smallest absolute Gasteiger partial charge is 0.0961 e. The summed E-state index contributed by atoms with van der Waals surface area (Å²) in [6.45, 7) is 4.45. The van der Waals surface area contributed by atoms with Gasteiger partial charge >= 0.3 is 0 Å². The minimum absolute atomic E-state index is 0.822. The Labute approximate surface area is 130 Å². The maximum Gasteiger partial charge on any atom is 0.0961 e. The average Bonchev–Trinajstić information content (AvgIpc) is 3.00. The van der Waals surface area contributed by atoms with Crippen molar-refractivity contribution in [1.82, 2.24) is 9.55 Å². The van der Waals surface area contributed by atoms with Gasteiger partial charge in [0.1, 0.15) is 0 Å². The molecule has 0 radical (unpaired) electrons. The molecule has 4 heteroatoms. The van der Waals surface area contributed by atoms with Gasteiger partial charge in [-0.3, -0.25) is 0 Å². The highest BCUT2D eigenvalue weighted by atomic mass is 16.5. The van der Waals surface area contributed by atoms with Crippen LogP contribution in [0, 0.1) is 0 Å². The van der Waals surface area contributed by atoms with Gasteiger partial charge in [-0.1, -0.05) is 24.3 Å². The number of benzene rings is 2. The van der Waals surface area contributed by atoms with E-state index < -0.39 is 0 Å². The largest absolute Gasteiger partial charge is 0.378 e. The maximum absolute atomic E-state index is 5.40. The van der Waals surface area contributed by atoms with Gasteiger partial charge in [-0.05, 0) is 29.8 Å². The number of ether oxygens (including phenoxy) is 1. The first-order valence-corrected chi connectivity index (χ1v) is 7.72. The van der Waals surface area contributed by atoms with Crippen molar-refractivity contribution < 1.29 is 4.74 Å². The lowest BCUT2D eigenvalue weighted by atomic mass is 10.2. The molecule has 0 bridgehead atoms. The second-order valence-electron chi connectivity index (χ2n) is 5.63. The third-order valence-electron chi connectivity index (χ3n) is 4.19. The summed E-state index contributed by atoms with van der Waals surface area (Å²) in [6.07, 6.45) is 1.92. The topological polar surface area (TPSA) is 30.3 Å². The molecule has 0 aliphatic carbocycles. The van der Waals surface area contributed by atoms with E-state index in [0.717, 1.165) is 38.4 Å². The van der Waals surface area contributed by atoms with Crippen LogP contribution < -0.4 is 4.90 Å². The minimum Gasteiger partial charge on any atom is -0.378 e. The fourth-order valence-corrected chi connectivity index (χ4v) is 2.97. The van der Waals surface area contributed by atoms with Crippen molar-refractivity contribution in [2.45, 2.75) is 6.54 Å². The Kier molecular flexibility index (Phi) is 3.52. The van der Waals surface area contributed by atoms with Crippen molar-refractivity contribution >= 4 is 16.7 Å². The molecule has 22 heavy (non-hydrogen) atoms. The monoisotopic (exact) mass is 293 g/mol. The SMILES string of the molecule is c1ccc2c(c1)ncn2Cc1ccc(N2CCOCC2)cc1. The van der Waals surface area contributed by atoms with Gasteiger partial charge < -0.3 is 14.2 Å². The molecule has 1 saturated heterocycles. The highest BCUT2D eigenvalue weighted by Crippen LogP contribution is 2.19. The van der Waals surface area contributed by atoms with Crippen LogP contribution >= 0.6 is 0 Å². The molecule has 0 atom stereocenters. The summed E-state index contributed by atoms with van der Waals surface area (Å²) in [5.74, 6) is 0. The number of imidazole rings is 1. The third-order valence-corrected chi connectivity index (χ3v) is 4.19. The van der Waals surface area contributed by atoms with Gasteiger partial charge in [0.05, 0.1) is 30.6 Å². The normalized spacial score (nSPS) is 15.4. The van der Waals surface area contributed by atoms with Crippen molar-refractivity contribution in [2.24, 2.45) is 0 Å². The molecule has 0 spiro atoms. The van der Waals surface area contributed by atoms with Crippen LogP contribution in [0.15, 0.2) is 54.9 Å². The summed E-state index contributed by atoms with van der Waals surface area (Å²) >= 11 is 0. The Balaban J connectivity index is 1.53. The van der Waals surface area contributed by atoms with Crippen LogP contribution in [0.25, 0.3) is 11.0 Å². The first-order valence-electron chi connectivity index (χ1n) is 7.72. The fourth-order valence-electron chi connectivity index (χ4n) is 2.97. The van der Waals surface area contributed by atoms with Crippen LogP contribution in [0.1, 0.15) is 5.56 Å². The van der Waals surface area contributed by atoms with E-state index in [1.165, 1.54) is 16.8 Å². The zero-order valence-electron chi connectivity index (χ0n) is 12.5. The summed E-state index contributed by atoms with van der Waals surface area (Å²) in [5.41, 5.74) is 4.80. The van der Waals surface area contributed by atoms with Gasteiger partial charge in [-0.15, -0.1) is 0 Å². The predicted molar refractivity (Wildman–Crippen MR) is 88.3 cm³/mol. The quantitative estimate of drug-likeness (QED) is 0.744. The summed E-state index contributed by atoms with van der Waals surface area (Å²) in [7, 11) is 0. The van der Waals surface area contributed by atoms with Gasteiger partial charge in [0.2, 0.25) is 0 Å². The molecule has 4 rings (SSSR count). The van der Waals surface area contributed by atoms with Crippen LogP contribution in [-0.2, 0) is 11.3 Å². The first kappa shape index (κ1) is 13.3. The number of rotatable bonds is 3. The number of aromatic nitrogens is 2. The third kappa shape index (κ3) is 2.57. The first-order chi connectivity index (χ1) is 10.9. The molecule has 112 valence electrons. The lowest BCUT2D eigenvalue weighted by molar-refractivity contribution is 0.122. The molecular formula is C18H19N3O. The molecular weight excluding hydrogens is 274 g/mol. The van der Waals surface area contributed by atoms with E-state index in [9.17, 15) is 0 Å². The molecule has 1 aromatic heterocycles. The Morgan fingerprint density at radius 2 is 1.73 bits per heavy atom. The summed E-state index contributed by atoms with van der Waals surface area (Å²) in [4.78, 5) is 6.82. The maximum atomic E-state index is 5.40. The van der Waals surface area contributed by atoms with Crippen molar-refractivity contribution in [3.8, 4) is 0 Å². The highest BCUT2D eigenvalue weighted by molar-refractivity contribution is 5.75. The second kappa shape index (κ2) is 5.81. The van der Waals surface area contributed by atoms with Gasteiger partial charge in [0.25, 0.3) is 0 Å². The van der Waals surface area contributed by atoms with Crippen LogP contribution in [0.5, 0.6) is 0 Å². The van der Waals surface area contributed by atoms with E-state index in [0.29, 0.717) is 0 Å². The Hall–Kier alpha value is -2.33. The van der Waals surface area contributed by atoms with Crippen molar-refractivity contribution in [1.29, 1.82) is 0 Å². The predicted octanol–water partition coefficient (Wildman–Crippen LogP) is 2.92. The highest BCUT2D eigenvalue weighted by Gasteiger charge is 2.11. The molecule has 1 aliphatic heterocycles. The molecule has 0 unspecified atom stereocenters. The van der Waals surface area contributed by atoms with Crippen molar-refractivity contribution in [3.05, 3.63) is 60.4 Å². The number of hydrogen-bond acceptors (Lipinski definition) is 3. The number of morpholine rings is 1. The molecule has 2 heterocycles. The number of para-hydroxylation sites is 2. The Bertz CT molecular complexity index is 757. The molecule has 1 fully saturated rings. The van der Waals surface area contributed by atoms with Crippen molar-refractivity contribution in [2.75, 3.05) is 31.2 Å². The lowest BCUT2D eigenvalue weighted by Gasteiger charge is -2.28. The number of anilines is 1. The Morgan fingerprint density at radius 1 is 0.955 bits per heavy atom. The number of nitrogens with zero attached hydrogens (tertiary/aromatic N) is 3. The van der Waals surface area contributed by atoms with Gasteiger partial charge in [-0.25, -0.2) is 4.98 Å². The van der Waals surface area contributed by atoms with Gasteiger partial charge in [-0.2, -0.15) is 0 Å². The number of fused-ring (bicyclic) bond motifs is 1. The minimum atomic E-state index is 0.822. The van der Waals surface area contributed by atoms with E-state index in [4.69, 9.17) is 4.74 Å². The molecule has 1 aliphatic rings. The van der Waals surface area contributed by atoms with Crippen LogP contribution in [-0.4, -0.2) is 35.9 Å². The summed E-state index contributed by atoms with van der Waals surface area (Å²) in [5, 5.41) is 0. The molecule has 0 amide bonds. The molecule has 3 aromatic rings. The van der Waals surface area contributed by atoms with Crippen LogP contribution in [0.4, 0.5) is 5.69 Å². The van der Waals surface area contributed by atoms with E-state index in [-0.39, 0.29) is 0 Å². The second-order valence-corrected chi connectivity index (χ2v) is 5.63. The zero-order chi connectivity index (χ0) is 14.8.